The predicted octanol–water partition coefficient (Wildman–Crippen LogP) is -0.541. The summed E-state index contributed by atoms with van der Waals surface area (Å²) in [5.41, 5.74) is 0. The number of carboxylic acids is 1. The number of carboxylic acid groups (broad SMARTS) is 1. The molecular weight excluding hydrogens is 214 g/mol. The Bertz CT molecular complexity index is 268. The van der Waals surface area contributed by atoms with Gasteiger partial charge in [0.1, 0.15) is 12.6 Å². The third-order valence-corrected chi connectivity index (χ3v) is 2.46. The van der Waals surface area contributed by atoms with Crippen molar-refractivity contribution in [2.24, 2.45) is 0 Å². The second kappa shape index (κ2) is 5.81. The third kappa shape index (κ3) is 3.18. The van der Waals surface area contributed by atoms with Crippen molar-refractivity contribution in [3.05, 3.63) is 0 Å². The Hall–Kier alpha value is -1.14. The summed E-state index contributed by atoms with van der Waals surface area (Å²) in [6.07, 6.45) is 0.142. The number of carbonyl (C=O) groups is 2. The highest BCUT2D eigenvalue weighted by molar-refractivity contribution is 5.85. The Morgan fingerprint density at radius 2 is 2.19 bits per heavy atom. The lowest BCUT2D eigenvalue weighted by Crippen LogP contribution is -2.42. The monoisotopic (exact) mass is 231 g/mol. The summed E-state index contributed by atoms with van der Waals surface area (Å²) in [6, 6.07) is -0.923. The molecular formula is C10H17NO5. The average Bonchev–Trinajstić information content (AvgIpc) is 2.61. The molecule has 16 heavy (non-hydrogen) atoms. The van der Waals surface area contributed by atoms with E-state index in [1.807, 2.05) is 6.92 Å². The number of nitrogens with zero attached hydrogens (tertiary/aromatic N) is 1. The highest BCUT2D eigenvalue weighted by atomic mass is 16.5. The number of likely N-dealkylation sites (tertiary alicyclic amines) is 1. The van der Waals surface area contributed by atoms with Gasteiger partial charge in [0.2, 0.25) is 5.91 Å². The molecule has 0 spiro atoms. The lowest BCUT2D eigenvalue weighted by Gasteiger charge is -2.20. The molecule has 2 atom stereocenters. The first-order valence-corrected chi connectivity index (χ1v) is 5.34. The number of aliphatic hydroxyl groups is 1. The number of hydrogen-bond donors (Lipinski definition) is 2. The molecule has 0 aliphatic carbocycles. The van der Waals surface area contributed by atoms with E-state index in [0.29, 0.717) is 6.61 Å². The summed E-state index contributed by atoms with van der Waals surface area (Å²) < 4.78 is 5.05. The van der Waals surface area contributed by atoms with Crippen LogP contribution in [-0.2, 0) is 14.3 Å². The minimum atomic E-state index is -1.08. The predicted molar refractivity (Wildman–Crippen MR) is 54.9 cm³/mol. The minimum absolute atomic E-state index is 0.0747. The van der Waals surface area contributed by atoms with E-state index in [0.717, 1.165) is 6.42 Å². The normalized spacial score (nSPS) is 24.8. The van der Waals surface area contributed by atoms with E-state index in [1.54, 1.807) is 0 Å². The van der Waals surface area contributed by atoms with Crippen molar-refractivity contribution in [3.63, 3.8) is 0 Å². The summed E-state index contributed by atoms with van der Waals surface area (Å²) in [7, 11) is 0. The molecule has 0 saturated carbocycles. The second-order valence-electron chi connectivity index (χ2n) is 3.84. The molecule has 0 aromatic carbocycles. The molecule has 6 heteroatoms. The molecule has 0 unspecified atom stereocenters. The van der Waals surface area contributed by atoms with Crippen LogP contribution in [0.25, 0.3) is 0 Å². The fourth-order valence-electron chi connectivity index (χ4n) is 1.71. The lowest BCUT2D eigenvalue weighted by atomic mass is 10.2. The van der Waals surface area contributed by atoms with E-state index in [1.165, 1.54) is 4.90 Å². The zero-order valence-corrected chi connectivity index (χ0v) is 9.26. The smallest absolute Gasteiger partial charge is 0.326 e. The number of hydrogen-bond acceptors (Lipinski definition) is 4. The van der Waals surface area contributed by atoms with Crippen LogP contribution in [0.3, 0.4) is 0 Å². The Morgan fingerprint density at radius 1 is 1.50 bits per heavy atom. The van der Waals surface area contributed by atoms with Gasteiger partial charge in [0.25, 0.3) is 0 Å². The van der Waals surface area contributed by atoms with Crippen molar-refractivity contribution >= 4 is 11.9 Å². The van der Waals surface area contributed by atoms with Gasteiger partial charge in [-0.05, 0) is 6.42 Å². The molecule has 1 aliphatic rings. The van der Waals surface area contributed by atoms with Crippen LogP contribution >= 0.6 is 0 Å². The molecule has 2 N–H and O–H groups in total. The first-order valence-electron chi connectivity index (χ1n) is 5.34. The topological polar surface area (TPSA) is 87.1 Å². The fraction of sp³-hybridized carbons (Fsp3) is 0.800. The van der Waals surface area contributed by atoms with E-state index in [2.05, 4.69) is 0 Å². The Labute approximate surface area is 93.8 Å². The number of carbonyl (C=O) groups excluding carboxylic acids is 1. The van der Waals surface area contributed by atoms with Gasteiger partial charge >= 0.3 is 5.97 Å². The Kier molecular flexibility index (Phi) is 4.70. The molecule has 1 aliphatic heterocycles. The molecule has 0 radical (unpaired) electrons. The number of amides is 1. The van der Waals surface area contributed by atoms with Crippen LogP contribution < -0.4 is 0 Å². The van der Waals surface area contributed by atoms with Crippen molar-refractivity contribution < 1.29 is 24.5 Å². The van der Waals surface area contributed by atoms with Crippen LogP contribution in [0.5, 0.6) is 0 Å². The molecule has 1 saturated heterocycles. The zero-order valence-electron chi connectivity index (χ0n) is 9.26. The number of aliphatic hydroxyl groups excluding tert-OH is 1. The van der Waals surface area contributed by atoms with Gasteiger partial charge in [-0.3, -0.25) is 4.79 Å². The van der Waals surface area contributed by atoms with Crippen LogP contribution in [0.2, 0.25) is 0 Å². The second-order valence-corrected chi connectivity index (χ2v) is 3.84. The van der Waals surface area contributed by atoms with Crippen molar-refractivity contribution in [1.29, 1.82) is 0 Å². The van der Waals surface area contributed by atoms with Crippen molar-refractivity contribution in [1.82, 2.24) is 4.90 Å². The van der Waals surface area contributed by atoms with Gasteiger partial charge in [0.15, 0.2) is 0 Å². The molecule has 0 aromatic rings. The maximum Gasteiger partial charge on any atom is 0.326 e. The summed E-state index contributed by atoms with van der Waals surface area (Å²) in [5, 5.41) is 18.2. The number of ether oxygens (including phenoxy) is 1. The zero-order chi connectivity index (χ0) is 12.1. The van der Waals surface area contributed by atoms with Gasteiger partial charge in [-0.1, -0.05) is 6.92 Å². The third-order valence-electron chi connectivity index (χ3n) is 2.46. The van der Waals surface area contributed by atoms with Gasteiger partial charge in [0, 0.05) is 19.6 Å². The van der Waals surface area contributed by atoms with E-state index < -0.39 is 18.1 Å². The molecule has 6 nitrogen and oxygen atoms in total. The number of rotatable bonds is 5. The fourth-order valence-corrected chi connectivity index (χ4v) is 1.71. The van der Waals surface area contributed by atoms with Crippen LogP contribution in [0.1, 0.15) is 19.8 Å². The maximum atomic E-state index is 11.6. The van der Waals surface area contributed by atoms with Crippen molar-refractivity contribution in [2.45, 2.75) is 31.9 Å². The molecule has 92 valence electrons. The van der Waals surface area contributed by atoms with Crippen LogP contribution in [0.4, 0.5) is 0 Å². The van der Waals surface area contributed by atoms with Gasteiger partial charge in [-0.25, -0.2) is 4.79 Å². The van der Waals surface area contributed by atoms with Crippen molar-refractivity contribution in [3.8, 4) is 0 Å². The molecule has 1 heterocycles. The van der Waals surface area contributed by atoms with Gasteiger partial charge in [-0.2, -0.15) is 0 Å². The molecule has 0 aromatic heterocycles. The molecule has 1 fully saturated rings. The minimum Gasteiger partial charge on any atom is -0.480 e. The Balaban J connectivity index is 2.50. The van der Waals surface area contributed by atoms with Gasteiger partial charge < -0.3 is 19.8 Å². The van der Waals surface area contributed by atoms with E-state index in [9.17, 15) is 14.7 Å². The van der Waals surface area contributed by atoms with Gasteiger partial charge in [0.05, 0.1) is 6.10 Å². The summed E-state index contributed by atoms with van der Waals surface area (Å²) in [6.45, 7) is 2.35. The average molecular weight is 231 g/mol. The lowest BCUT2D eigenvalue weighted by molar-refractivity contribution is -0.150. The first-order chi connectivity index (χ1) is 7.56. The number of aliphatic carboxylic acids is 1. The molecule has 1 rings (SSSR count). The standard InChI is InChI=1S/C10H17NO5/c1-2-3-16-6-9(13)11-5-7(12)4-8(11)10(14)15/h7-8,12H,2-6H2,1H3,(H,14,15)/t7-,8+/m1/s1. The van der Waals surface area contributed by atoms with E-state index in [4.69, 9.17) is 9.84 Å². The highest BCUT2D eigenvalue weighted by Crippen LogP contribution is 2.18. The number of β-amino-alcohol motifs (C(OH)–C–C–N with tert-alkyl or cyclic N) is 1. The summed E-state index contributed by atoms with van der Waals surface area (Å²) in [4.78, 5) is 23.6. The highest BCUT2D eigenvalue weighted by Gasteiger charge is 2.38. The maximum absolute atomic E-state index is 11.6. The SMILES string of the molecule is CCCOCC(=O)N1C[C@H](O)C[C@H]1C(=O)O. The molecule has 0 bridgehead atoms. The van der Waals surface area contributed by atoms with Crippen LogP contribution in [-0.4, -0.2) is 58.9 Å². The largest absolute Gasteiger partial charge is 0.480 e. The molecule has 1 amide bonds. The van der Waals surface area contributed by atoms with Crippen LogP contribution in [0.15, 0.2) is 0 Å². The van der Waals surface area contributed by atoms with Crippen molar-refractivity contribution in [2.75, 3.05) is 19.8 Å². The first kappa shape index (κ1) is 12.9. The van der Waals surface area contributed by atoms with E-state index in [-0.39, 0.29) is 25.5 Å². The summed E-state index contributed by atoms with van der Waals surface area (Å²) in [5.74, 6) is -1.46. The quantitative estimate of drug-likeness (QED) is 0.620. The summed E-state index contributed by atoms with van der Waals surface area (Å²) >= 11 is 0. The Morgan fingerprint density at radius 3 is 2.75 bits per heavy atom. The van der Waals surface area contributed by atoms with Crippen LogP contribution in [0, 0.1) is 0 Å². The van der Waals surface area contributed by atoms with Gasteiger partial charge in [-0.15, -0.1) is 0 Å². The van der Waals surface area contributed by atoms with E-state index >= 15 is 0 Å².